The molecule has 2 heterocycles. The molecule has 2 aromatic carbocycles. The summed E-state index contributed by atoms with van der Waals surface area (Å²) >= 11 is 1.07. The highest BCUT2D eigenvalue weighted by Gasteiger charge is 2.31. The average molecular weight is 954 g/mol. The number of carbonyl (C=O) groups is 5. The number of fused-ring (bicyclic) bond motifs is 2. The molecule has 0 saturated carbocycles. The minimum Gasteiger partial charge on any atom is -0.493 e. The van der Waals surface area contributed by atoms with Crippen LogP contribution in [0.5, 0.6) is 23.0 Å². The van der Waals surface area contributed by atoms with Crippen LogP contribution < -0.4 is 30.0 Å². The number of ether oxygens (including phenoxy) is 10. The lowest BCUT2D eigenvalue weighted by molar-refractivity contribution is -0.150. The number of nitrogens with two attached hydrogens (primary N) is 1. The Labute approximate surface area is 386 Å². The number of Topliss-reactive ketones (excluding diaryl/α,β-unsaturated/α-hetero) is 1. The Morgan fingerprint density at radius 2 is 1.35 bits per heavy atom. The average Bonchev–Trinajstić information content (AvgIpc) is 3.95. The molecule has 21 heteroatoms. The van der Waals surface area contributed by atoms with Crippen molar-refractivity contribution < 1.29 is 80.1 Å². The second kappa shape index (κ2) is 28.8. The molecule has 66 heavy (non-hydrogen) atoms. The van der Waals surface area contributed by atoms with Gasteiger partial charge in [0.05, 0.1) is 111 Å². The number of ketones is 1. The molecule has 0 bridgehead atoms. The Kier molecular flexibility index (Phi) is 23.3. The summed E-state index contributed by atoms with van der Waals surface area (Å²) in [7, 11) is 2.72. The van der Waals surface area contributed by atoms with Crippen molar-refractivity contribution in [2.75, 3.05) is 100.0 Å². The molecule has 4 rings (SSSR count). The lowest BCUT2D eigenvalue weighted by Gasteiger charge is -2.17. The molecule has 3 aromatic rings. The molecular formula is C45H61F2N3O15S. The smallest absolute Gasteiger partial charge is 0.306 e. The number of hydrogen-bond donors (Lipinski definition) is 2. The minimum absolute atomic E-state index is 0.0418. The third-order valence-corrected chi connectivity index (χ3v) is 10.9. The van der Waals surface area contributed by atoms with Gasteiger partial charge < -0.3 is 63.3 Å². The SMILES string of the molecule is CCOC(=O)CCC(=O)c1cc2c(F)c(OCCCOc3c(OC)cc4c(c3F)CN(C(=O)CCC(=O)O[C@@H](C)CNC(=O)CCOCCOCCOCCOCCN)C4)c(OC)cc2s1. The summed E-state index contributed by atoms with van der Waals surface area (Å²) < 4.78 is 86.0. The number of rotatable bonds is 33. The Morgan fingerprint density at radius 3 is 1.98 bits per heavy atom. The van der Waals surface area contributed by atoms with Gasteiger partial charge in [0.15, 0.2) is 40.4 Å². The number of nitrogens with one attached hydrogen (secondary N) is 1. The van der Waals surface area contributed by atoms with E-state index in [9.17, 15) is 24.0 Å². The van der Waals surface area contributed by atoms with E-state index in [1.165, 1.54) is 25.2 Å². The van der Waals surface area contributed by atoms with E-state index >= 15 is 8.78 Å². The molecule has 0 fully saturated rings. The monoisotopic (exact) mass is 953 g/mol. The van der Waals surface area contributed by atoms with Crippen LogP contribution in [0.3, 0.4) is 0 Å². The fraction of sp³-hybridized carbons (Fsp3) is 0.578. The number of amides is 2. The van der Waals surface area contributed by atoms with Crippen molar-refractivity contribution in [1.82, 2.24) is 10.2 Å². The Bertz CT molecular complexity index is 2070. The number of nitrogens with zero attached hydrogens (tertiary/aromatic N) is 1. The summed E-state index contributed by atoms with van der Waals surface area (Å²) in [6.07, 6.45) is -0.889. The van der Waals surface area contributed by atoms with Gasteiger partial charge in [0.25, 0.3) is 0 Å². The Balaban J connectivity index is 1.14. The van der Waals surface area contributed by atoms with Crippen LogP contribution in [-0.4, -0.2) is 141 Å². The summed E-state index contributed by atoms with van der Waals surface area (Å²) in [6.45, 7) is 7.12. The first-order chi connectivity index (χ1) is 31.9. The van der Waals surface area contributed by atoms with E-state index in [0.717, 1.165) is 11.3 Å². The second-order valence-electron chi connectivity index (χ2n) is 14.7. The van der Waals surface area contributed by atoms with Gasteiger partial charge in [0.1, 0.15) is 6.10 Å². The van der Waals surface area contributed by atoms with Crippen molar-refractivity contribution in [2.45, 2.75) is 71.6 Å². The van der Waals surface area contributed by atoms with Crippen LogP contribution in [0, 0.1) is 11.6 Å². The van der Waals surface area contributed by atoms with Crippen molar-refractivity contribution in [3.05, 3.63) is 45.8 Å². The first kappa shape index (κ1) is 53.4. The van der Waals surface area contributed by atoms with Gasteiger partial charge in [-0.3, -0.25) is 24.0 Å². The highest BCUT2D eigenvalue weighted by atomic mass is 32.1. The molecule has 3 N–H and O–H groups in total. The third-order valence-electron chi connectivity index (χ3n) is 9.80. The molecule has 1 aliphatic heterocycles. The van der Waals surface area contributed by atoms with Crippen molar-refractivity contribution in [3.63, 3.8) is 0 Å². The molecular weight excluding hydrogens is 893 g/mol. The largest absolute Gasteiger partial charge is 0.493 e. The predicted molar refractivity (Wildman–Crippen MR) is 236 cm³/mol. The number of benzene rings is 2. The van der Waals surface area contributed by atoms with Crippen LogP contribution in [-0.2, 0) is 60.7 Å². The topological polar surface area (TPSA) is 219 Å². The summed E-state index contributed by atoms with van der Waals surface area (Å²) in [6, 6.07) is 4.58. The molecule has 1 aliphatic rings. The van der Waals surface area contributed by atoms with Crippen LogP contribution >= 0.6 is 11.3 Å². The molecule has 0 saturated heterocycles. The summed E-state index contributed by atoms with van der Waals surface area (Å²) in [5.41, 5.74) is 6.11. The fourth-order valence-electron chi connectivity index (χ4n) is 6.47. The quantitative estimate of drug-likeness (QED) is 0.0482. The van der Waals surface area contributed by atoms with Crippen LogP contribution in [0.25, 0.3) is 10.1 Å². The predicted octanol–water partition coefficient (Wildman–Crippen LogP) is 4.66. The van der Waals surface area contributed by atoms with E-state index in [0.29, 0.717) is 63.1 Å². The molecule has 18 nitrogen and oxygen atoms in total. The van der Waals surface area contributed by atoms with Crippen LogP contribution in [0.2, 0.25) is 0 Å². The van der Waals surface area contributed by atoms with Gasteiger partial charge in [-0.15, -0.1) is 11.3 Å². The van der Waals surface area contributed by atoms with E-state index < -0.39 is 29.7 Å². The standard InChI is InChI=1S/C45H61F2N3O15S/c1-5-62-40(54)9-7-33(51)37-24-31-36(66-37)25-35(57-4)45(42(31)46)64-14-6-13-63-44-34(56-3)23-30-27-50(28-32(30)43(44)47)39(53)8-10-41(55)65-29(2)26-49-38(52)11-15-58-17-19-60-21-22-61-20-18-59-16-12-48/h23-25,29H,5-22,26-28,48H2,1-4H3,(H,49,52)/t29-/m0/s1. The Morgan fingerprint density at radius 1 is 0.742 bits per heavy atom. The maximum atomic E-state index is 15.9. The maximum Gasteiger partial charge on any atom is 0.306 e. The molecule has 1 atom stereocenters. The molecule has 0 spiro atoms. The first-order valence-electron chi connectivity index (χ1n) is 21.8. The normalized spacial score (nSPS) is 12.4. The molecule has 366 valence electrons. The number of methoxy groups -OCH3 is 2. The van der Waals surface area contributed by atoms with E-state index in [2.05, 4.69) is 5.32 Å². The fourth-order valence-corrected chi connectivity index (χ4v) is 7.53. The lowest BCUT2D eigenvalue weighted by Crippen LogP contribution is -2.34. The zero-order valence-corrected chi connectivity index (χ0v) is 38.8. The van der Waals surface area contributed by atoms with Crippen molar-refractivity contribution >= 4 is 51.0 Å². The molecule has 0 radical (unpaired) electrons. The highest BCUT2D eigenvalue weighted by molar-refractivity contribution is 7.20. The second-order valence-corrected chi connectivity index (χ2v) is 15.8. The number of halogens is 2. The molecule has 0 aliphatic carbocycles. The van der Waals surface area contributed by atoms with Gasteiger partial charge in [0.2, 0.25) is 11.8 Å². The van der Waals surface area contributed by atoms with E-state index in [-0.39, 0.29) is 141 Å². The third kappa shape index (κ3) is 16.9. The van der Waals surface area contributed by atoms with Gasteiger partial charge in [0, 0.05) is 67.0 Å². The highest BCUT2D eigenvalue weighted by Crippen LogP contribution is 2.41. The van der Waals surface area contributed by atoms with E-state index in [4.69, 9.17) is 53.1 Å². The summed E-state index contributed by atoms with van der Waals surface area (Å²) in [5.74, 6) is -3.61. The maximum absolute atomic E-state index is 15.9. The first-order valence-corrected chi connectivity index (χ1v) is 22.6. The lowest BCUT2D eigenvalue weighted by atomic mass is 10.1. The van der Waals surface area contributed by atoms with Crippen LogP contribution in [0.15, 0.2) is 18.2 Å². The minimum atomic E-state index is -0.721. The van der Waals surface area contributed by atoms with Gasteiger partial charge in [-0.05, 0) is 31.5 Å². The summed E-state index contributed by atoms with van der Waals surface area (Å²) in [5, 5.41) is 2.84. The molecule has 0 unspecified atom stereocenters. The number of carbonyl (C=O) groups excluding carboxylic acids is 5. The zero-order valence-electron chi connectivity index (χ0n) is 38.0. The van der Waals surface area contributed by atoms with Crippen molar-refractivity contribution in [3.8, 4) is 23.0 Å². The summed E-state index contributed by atoms with van der Waals surface area (Å²) in [4.78, 5) is 63.9. The van der Waals surface area contributed by atoms with E-state index in [1.807, 2.05) is 0 Å². The van der Waals surface area contributed by atoms with E-state index in [1.54, 1.807) is 26.0 Å². The van der Waals surface area contributed by atoms with Crippen molar-refractivity contribution in [1.29, 1.82) is 0 Å². The number of thiophene rings is 1. The Hall–Kier alpha value is -5.19. The van der Waals surface area contributed by atoms with Gasteiger partial charge >= 0.3 is 11.9 Å². The van der Waals surface area contributed by atoms with Crippen molar-refractivity contribution in [2.24, 2.45) is 5.73 Å². The van der Waals surface area contributed by atoms with Crippen LogP contribution in [0.4, 0.5) is 8.78 Å². The number of hydrogen-bond acceptors (Lipinski definition) is 17. The van der Waals surface area contributed by atoms with Crippen LogP contribution in [0.1, 0.15) is 73.2 Å². The molecule has 1 aromatic heterocycles. The molecule has 2 amide bonds. The van der Waals surface area contributed by atoms with Gasteiger partial charge in [-0.1, -0.05) is 0 Å². The number of esters is 2. The van der Waals surface area contributed by atoms with Gasteiger partial charge in [-0.25, -0.2) is 8.78 Å². The van der Waals surface area contributed by atoms with Gasteiger partial charge in [-0.2, -0.15) is 0 Å². The zero-order chi connectivity index (χ0) is 47.8.